The summed E-state index contributed by atoms with van der Waals surface area (Å²) in [7, 11) is 1.70. The van der Waals surface area contributed by atoms with Gasteiger partial charge in [-0.05, 0) is 19.3 Å². The highest BCUT2D eigenvalue weighted by Gasteiger charge is 2.10. The van der Waals surface area contributed by atoms with E-state index < -0.39 is 6.10 Å². The van der Waals surface area contributed by atoms with Crippen molar-refractivity contribution in [2.75, 3.05) is 18.9 Å². The molecule has 1 aromatic rings. The van der Waals surface area contributed by atoms with E-state index in [9.17, 15) is 9.90 Å². The van der Waals surface area contributed by atoms with E-state index in [1.54, 1.807) is 25.1 Å². The number of aliphatic hydroxyl groups excluding tert-OH is 1. The zero-order valence-electron chi connectivity index (χ0n) is 12.1. The SMILES string of the molecule is CC(C)Cn1cc(NC(=O)N(C)CCC(C)O)cn1. The van der Waals surface area contributed by atoms with Crippen molar-refractivity contribution in [1.82, 2.24) is 14.7 Å². The fourth-order valence-electron chi connectivity index (χ4n) is 1.60. The Morgan fingerprint density at radius 2 is 2.21 bits per heavy atom. The molecule has 19 heavy (non-hydrogen) atoms. The van der Waals surface area contributed by atoms with Crippen LogP contribution in [0.1, 0.15) is 27.2 Å². The van der Waals surface area contributed by atoms with Gasteiger partial charge in [0.25, 0.3) is 0 Å². The molecule has 1 aromatic heterocycles. The lowest BCUT2D eigenvalue weighted by Gasteiger charge is -2.17. The second-order valence-corrected chi connectivity index (χ2v) is 5.33. The second-order valence-electron chi connectivity index (χ2n) is 5.33. The van der Waals surface area contributed by atoms with Gasteiger partial charge >= 0.3 is 6.03 Å². The molecule has 1 atom stereocenters. The van der Waals surface area contributed by atoms with E-state index in [2.05, 4.69) is 24.3 Å². The van der Waals surface area contributed by atoms with E-state index >= 15 is 0 Å². The van der Waals surface area contributed by atoms with Crippen LogP contribution in [-0.2, 0) is 6.54 Å². The van der Waals surface area contributed by atoms with E-state index in [4.69, 9.17) is 0 Å². The van der Waals surface area contributed by atoms with E-state index in [0.29, 0.717) is 24.6 Å². The summed E-state index contributed by atoms with van der Waals surface area (Å²) < 4.78 is 1.82. The maximum atomic E-state index is 11.9. The second kappa shape index (κ2) is 7.13. The number of carbonyl (C=O) groups excluding carboxylic acids is 1. The average Bonchev–Trinajstić information content (AvgIpc) is 2.72. The normalized spacial score (nSPS) is 12.5. The third kappa shape index (κ3) is 5.74. The van der Waals surface area contributed by atoms with Gasteiger partial charge in [-0.2, -0.15) is 5.10 Å². The monoisotopic (exact) mass is 268 g/mol. The number of nitrogens with zero attached hydrogens (tertiary/aromatic N) is 3. The molecule has 0 spiro atoms. The van der Waals surface area contributed by atoms with Crippen molar-refractivity contribution in [2.24, 2.45) is 5.92 Å². The summed E-state index contributed by atoms with van der Waals surface area (Å²) in [4.78, 5) is 13.4. The lowest BCUT2D eigenvalue weighted by molar-refractivity contribution is 0.167. The molecule has 2 amide bonds. The summed E-state index contributed by atoms with van der Waals surface area (Å²) in [5.41, 5.74) is 0.689. The summed E-state index contributed by atoms with van der Waals surface area (Å²) in [5, 5.41) is 16.2. The van der Waals surface area contributed by atoms with Gasteiger partial charge in [-0.3, -0.25) is 4.68 Å². The third-order valence-corrected chi connectivity index (χ3v) is 2.67. The summed E-state index contributed by atoms with van der Waals surface area (Å²) in [6.45, 7) is 7.28. The third-order valence-electron chi connectivity index (χ3n) is 2.67. The summed E-state index contributed by atoms with van der Waals surface area (Å²) in [6, 6.07) is -0.190. The first-order valence-corrected chi connectivity index (χ1v) is 6.61. The van der Waals surface area contributed by atoms with Gasteiger partial charge in [-0.25, -0.2) is 4.79 Å². The minimum absolute atomic E-state index is 0.190. The molecule has 0 aromatic carbocycles. The van der Waals surface area contributed by atoms with Gasteiger partial charge in [-0.1, -0.05) is 13.8 Å². The highest BCUT2D eigenvalue weighted by atomic mass is 16.3. The van der Waals surface area contributed by atoms with E-state index in [1.165, 1.54) is 0 Å². The zero-order valence-corrected chi connectivity index (χ0v) is 12.1. The average molecular weight is 268 g/mol. The fourth-order valence-corrected chi connectivity index (χ4v) is 1.60. The Bertz CT molecular complexity index is 401. The predicted octanol–water partition coefficient (Wildman–Crippen LogP) is 1.77. The van der Waals surface area contributed by atoms with Crippen LogP contribution >= 0.6 is 0 Å². The summed E-state index contributed by atoms with van der Waals surface area (Å²) >= 11 is 0. The number of anilines is 1. The maximum Gasteiger partial charge on any atom is 0.321 e. The minimum Gasteiger partial charge on any atom is -0.393 e. The Morgan fingerprint density at radius 1 is 1.53 bits per heavy atom. The number of hydrogen-bond donors (Lipinski definition) is 2. The molecule has 1 rings (SSSR count). The molecule has 0 fully saturated rings. The van der Waals surface area contributed by atoms with E-state index in [0.717, 1.165) is 6.54 Å². The van der Waals surface area contributed by atoms with Crippen LogP contribution < -0.4 is 5.32 Å². The Kier molecular flexibility index (Phi) is 5.82. The Hall–Kier alpha value is -1.56. The van der Waals surface area contributed by atoms with Crippen LogP contribution in [0, 0.1) is 5.92 Å². The smallest absolute Gasteiger partial charge is 0.321 e. The fraction of sp³-hybridized carbons (Fsp3) is 0.692. The number of nitrogens with one attached hydrogen (secondary N) is 1. The van der Waals surface area contributed by atoms with Gasteiger partial charge in [0, 0.05) is 26.3 Å². The lowest BCUT2D eigenvalue weighted by atomic mass is 10.2. The first-order valence-electron chi connectivity index (χ1n) is 6.61. The largest absolute Gasteiger partial charge is 0.393 e. The number of amides is 2. The summed E-state index contributed by atoms with van der Waals surface area (Å²) in [6.07, 6.45) is 3.63. The molecule has 6 heteroatoms. The molecule has 1 unspecified atom stereocenters. The van der Waals surface area contributed by atoms with Crippen molar-refractivity contribution in [2.45, 2.75) is 39.8 Å². The molecule has 0 aliphatic carbocycles. The molecule has 0 saturated carbocycles. The van der Waals surface area contributed by atoms with Crippen LogP contribution in [0.5, 0.6) is 0 Å². The quantitative estimate of drug-likeness (QED) is 0.826. The molecule has 0 aliphatic rings. The molecule has 1 heterocycles. The highest BCUT2D eigenvalue weighted by molar-refractivity contribution is 5.88. The van der Waals surface area contributed by atoms with Crippen molar-refractivity contribution < 1.29 is 9.90 Å². The van der Waals surface area contributed by atoms with Crippen LogP contribution in [0.4, 0.5) is 10.5 Å². The molecule has 108 valence electrons. The molecular weight excluding hydrogens is 244 g/mol. The van der Waals surface area contributed by atoms with Crippen LogP contribution in [-0.4, -0.2) is 45.5 Å². The number of carbonyl (C=O) groups is 1. The number of rotatable bonds is 6. The van der Waals surface area contributed by atoms with Gasteiger partial charge in [-0.15, -0.1) is 0 Å². The van der Waals surface area contributed by atoms with Crippen molar-refractivity contribution in [3.63, 3.8) is 0 Å². The maximum absolute atomic E-state index is 11.9. The van der Waals surface area contributed by atoms with Crippen molar-refractivity contribution in [3.05, 3.63) is 12.4 Å². The molecule has 0 bridgehead atoms. The first kappa shape index (κ1) is 15.5. The van der Waals surface area contributed by atoms with E-state index in [-0.39, 0.29) is 6.03 Å². The zero-order chi connectivity index (χ0) is 14.4. The van der Waals surface area contributed by atoms with Crippen LogP contribution in [0.3, 0.4) is 0 Å². The van der Waals surface area contributed by atoms with Gasteiger partial charge in [0.15, 0.2) is 0 Å². The summed E-state index contributed by atoms with van der Waals surface area (Å²) in [5.74, 6) is 0.511. The Morgan fingerprint density at radius 3 is 2.79 bits per heavy atom. The number of urea groups is 1. The van der Waals surface area contributed by atoms with Crippen LogP contribution in [0.25, 0.3) is 0 Å². The van der Waals surface area contributed by atoms with Crippen molar-refractivity contribution in [3.8, 4) is 0 Å². The number of aliphatic hydroxyl groups is 1. The molecule has 2 N–H and O–H groups in total. The van der Waals surface area contributed by atoms with Crippen molar-refractivity contribution in [1.29, 1.82) is 0 Å². The number of hydrogen-bond acceptors (Lipinski definition) is 3. The Labute approximate surface area is 114 Å². The molecule has 6 nitrogen and oxygen atoms in total. The van der Waals surface area contributed by atoms with Gasteiger partial charge in [0.2, 0.25) is 0 Å². The molecule has 0 saturated heterocycles. The molecule has 0 aliphatic heterocycles. The van der Waals surface area contributed by atoms with Crippen LogP contribution in [0.15, 0.2) is 12.4 Å². The van der Waals surface area contributed by atoms with Crippen LogP contribution in [0.2, 0.25) is 0 Å². The standard InChI is InChI=1S/C13H24N4O2/c1-10(2)8-17-9-12(7-14-17)15-13(19)16(4)6-5-11(3)18/h7,9-11,18H,5-6,8H2,1-4H3,(H,15,19). The first-order chi connectivity index (χ1) is 8.88. The highest BCUT2D eigenvalue weighted by Crippen LogP contribution is 2.08. The van der Waals surface area contributed by atoms with Gasteiger partial charge in [0.05, 0.1) is 18.0 Å². The molecule has 0 radical (unpaired) electrons. The minimum atomic E-state index is -0.399. The molecular formula is C13H24N4O2. The number of aromatic nitrogens is 2. The lowest BCUT2D eigenvalue weighted by Crippen LogP contribution is -2.33. The van der Waals surface area contributed by atoms with E-state index in [1.807, 2.05) is 10.9 Å². The Balaban J connectivity index is 2.45. The van der Waals surface area contributed by atoms with Gasteiger partial charge < -0.3 is 15.3 Å². The van der Waals surface area contributed by atoms with Gasteiger partial charge in [0.1, 0.15) is 0 Å². The topological polar surface area (TPSA) is 70.4 Å². The van der Waals surface area contributed by atoms with Crippen molar-refractivity contribution >= 4 is 11.7 Å². The predicted molar refractivity (Wildman–Crippen MR) is 75.0 cm³/mol.